The number of nitrogen functional groups attached to an aromatic ring is 1. The molecule has 0 atom stereocenters. The average Bonchev–Trinajstić information content (AvgIpc) is 3.83. The van der Waals surface area contributed by atoms with Crippen LogP contribution in [0.4, 0.5) is 5.69 Å². The topological polar surface area (TPSA) is 57.2 Å². The molecule has 9 aromatic rings. The second-order valence-corrected chi connectivity index (χ2v) is 13.0. The number of aryl methyl sites for hydroxylation is 2. The van der Waals surface area contributed by atoms with Crippen LogP contribution in [0.1, 0.15) is 35.8 Å². The molecule has 0 unspecified atom stereocenters. The van der Waals surface area contributed by atoms with Crippen LogP contribution in [0, 0.1) is 6.92 Å². The molecule has 4 nitrogen and oxygen atoms in total. The van der Waals surface area contributed by atoms with Crippen molar-refractivity contribution in [1.29, 1.82) is 0 Å². The molecule has 0 saturated carbocycles. The van der Waals surface area contributed by atoms with E-state index in [1.807, 2.05) is 37.3 Å². The Balaban J connectivity index is 0.000000215. The summed E-state index contributed by atoms with van der Waals surface area (Å²) in [5, 5.41) is 5.77. The van der Waals surface area contributed by atoms with Gasteiger partial charge in [-0.1, -0.05) is 109 Å². The Morgan fingerprint density at radius 1 is 0.700 bits per heavy atom. The molecule has 0 amide bonds. The molecule has 0 radical (unpaired) electrons. The quantitative estimate of drug-likeness (QED) is 0.194. The molecule has 0 bridgehead atoms. The molecule has 0 fully saturated rings. The molecule has 0 spiro atoms. The number of furan rings is 2. The Bertz CT molecular complexity index is 2800. The highest BCUT2D eigenvalue weighted by molar-refractivity contribution is 6.16. The van der Waals surface area contributed by atoms with Gasteiger partial charge in [-0.2, -0.15) is 0 Å². The van der Waals surface area contributed by atoms with Crippen molar-refractivity contribution in [3.05, 3.63) is 156 Å². The van der Waals surface area contributed by atoms with Crippen molar-refractivity contribution in [2.75, 3.05) is 5.73 Å². The number of allylic oxidation sites excluding steroid dienone is 2. The maximum absolute atomic E-state index is 6.74. The predicted molar refractivity (Wildman–Crippen MR) is 211 cm³/mol. The smallest absolute Gasteiger partial charge is 0.143 e. The summed E-state index contributed by atoms with van der Waals surface area (Å²) in [7, 11) is 0. The summed E-state index contributed by atoms with van der Waals surface area (Å²) < 4.78 is 14.4. The van der Waals surface area contributed by atoms with Gasteiger partial charge in [0.25, 0.3) is 0 Å². The van der Waals surface area contributed by atoms with Crippen molar-refractivity contribution in [3.8, 4) is 16.8 Å². The number of para-hydroxylation sites is 4. The summed E-state index contributed by atoms with van der Waals surface area (Å²) in [4.78, 5) is 0. The van der Waals surface area contributed by atoms with Crippen LogP contribution in [0.5, 0.6) is 0 Å². The van der Waals surface area contributed by atoms with Crippen LogP contribution in [0.3, 0.4) is 0 Å². The molecule has 0 aliphatic heterocycles. The van der Waals surface area contributed by atoms with Crippen LogP contribution in [-0.4, -0.2) is 4.57 Å². The molecule has 2 N–H and O–H groups in total. The zero-order chi connectivity index (χ0) is 33.8. The van der Waals surface area contributed by atoms with Crippen molar-refractivity contribution >= 4 is 72.6 Å². The molecule has 4 heteroatoms. The van der Waals surface area contributed by atoms with Gasteiger partial charge in [-0.05, 0) is 73.4 Å². The largest absolute Gasteiger partial charge is 0.460 e. The zero-order valence-corrected chi connectivity index (χ0v) is 28.1. The van der Waals surface area contributed by atoms with Gasteiger partial charge in [0.15, 0.2) is 0 Å². The number of hydrogen-bond acceptors (Lipinski definition) is 3. The standard InChI is InChI=1S/C34H26N2O.C12H10O/c1-3-9-22-16-17-30-32(33(22)35)28-11-4-6-14-29(28)36(30)24-19-21(2)18-23(20-24)25-12-8-13-27-26-10-5-7-15-31(26)37-34(25)27;1-3-7-11-9(5-1)10-6-2-4-8-12(10)13-11/h3-20H,35H2,1-2H3;1-3,5-7H,4,8H2/b9-3-;. The molecule has 3 heterocycles. The molecular formula is C46H36N2O2. The van der Waals surface area contributed by atoms with Crippen LogP contribution in [0.15, 0.2) is 142 Å². The summed E-state index contributed by atoms with van der Waals surface area (Å²) in [5.41, 5.74) is 19.5. The van der Waals surface area contributed by atoms with Crippen LogP contribution in [-0.2, 0) is 6.42 Å². The second kappa shape index (κ2) is 12.0. The fraction of sp³-hybridized carbons (Fsp3) is 0.0870. The van der Waals surface area contributed by atoms with E-state index in [1.165, 1.54) is 16.5 Å². The number of hydrogen-bond donors (Lipinski definition) is 1. The van der Waals surface area contributed by atoms with Gasteiger partial charge in [-0.25, -0.2) is 0 Å². The maximum Gasteiger partial charge on any atom is 0.143 e. The normalized spacial score (nSPS) is 12.8. The van der Waals surface area contributed by atoms with Crippen LogP contribution >= 0.6 is 0 Å². The molecule has 6 aromatic carbocycles. The maximum atomic E-state index is 6.74. The van der Waals surface area contributed by atoms with Gasteiger partial charge in [0, 0.05) is 55.9 Å². The van der Waals surface area contributed by atoms with E-state index in [0.29, 0.717) is 0 Å². The number of fused-ring (bicyclic) bond motifs is 9. The molecule has 242 valence electrons. The van der Waals surface area contributed by atoms with E-state index < -0.39 is 0 Å². The first kappa shape index (κ1) is 29.8. The fourth-order valence-electron chi connectivity index (χ4n) is 7.63. The van der Waals surface area contributed by atoms with Gasteiger partial charge in [0.2, 0.25) is 0 Å². The first-order valence-corrected chi connectivity index (χ1v) is 17.2. The molecule has 1 aliphatic rings. The van der Waals surface area contributed by atoms with Crippen LogP contribution < -0.4 is 5.73 Å². The van der Waals surface area contributed by atoms with Crippen LogP contribution in [0.25, 0.3) is 83.7 Å². The minimum atomic E-state index is 0.811. The summed E-state index contributed by atoms with van der Waals surface area (Å²) in [6, 6.07) is 42.4. The minimum absolute atomic E-state index is 0.811. The molecular weight excluding hydrogens is 613 g/mol. The van der Waals surface area contributed by atoms with Crippen molar-refractivity contribution < 1.29 is 8.83 Å². The van der Waals surface area contributed by atoms with Crippen molar-refractivity contribution in [3.63, 3.8) is 0 Å². The van der Waals surface area contributed by atoms with Gasteiger partial charge < -0.3 is 19.1 Å². The van der Waals surface area contributed by atoms with E-state index in [0.717, 1.165) is 96.0 Å². The molecule has 0 saturated heterocycles. The minimum Gasteiger partial charge on any atom is -0.460 e. The number of nitrogens with two attached hydrogens (primary N) is 1. The highest BCUT2D eigenvalue weighted by Crippen LogP contribution is 2.40. The van der Waals surface area contributed by atoms with E-state index in [4.69, 9.17) is 14.6 Å². The number of aromatic nitrogens is 1. The summed E-state index contributed by atoms with van der Waals surface area (Å²) in [6.07, 6.45) is 10.6. The highest BCUT2D eigenvalue weighted by atomic mass is 16.3. The van der Waals surface area contributed by atoms with E-state index in [1.54, 1.807) is 0 Å². The van der Waals surface area contributed by atoms with Crippen molar-refractivity contribution in [2.45, 2.75) is 26.7 Å². The first-order chi connectivity index (χ1) is 24.6. The lowest BCUT2D eigenvalue weighted by atomic mass is 10.00. The van der Waals surface area contributed by atoms with Gasteiger partial charge in [0.05, 0.1) is 11.0 Å². The Hall–Kier alpha value is -6.26. The Kier molecular flexibility index (Phi) is 7.17. The average molecular weight is 649 g/mol. The summed E-state index contributed by atoms with van der Waals surface area (Å²) in [6.45, 7) is 4.17. The zero-order valence-electron chi connectivity index (χ0n) is 28.1. The third-order valence-electron chi connectivity index (χ3n) is 9.83. The molecule has 50 heavy (non-hydrogen) atoms. The van der Waals surface area contributed by atoms with Gasteiger partial charge in [-0.15, -0.1) is 0 Å². The fourth-order valence-corrected chi connectivity index (χ4v) is 7.63. The monoisotopic (exact) mass is 648 g/mol. The lowest BCUT2D eigenvalue weighted by Crippen LogP contribution is -1.97. The SMILES string of the molecule is C/C=C\c1ccc2c(c1N)c1ccccc1n2-c1cc(C)cc(-c2cccc3c2oc2ccccc23)c1.C1=Cc2c(oc3ccccc23)CC1. The third kappa shape index (κ3) is 4.83. The van der Waals surface area contributed by atoms with E-state index >= 15 is 0 Å². The van der Waals surface area contributed by atoms with E-state index in [-0.39, 0.29) is 0 Å². The Labute approximate surface area is 290 Å². The molecule has 1 aliphatic carbocycles. The lowest BCUT2D eigenvalue weighted by Gasteiger charge is -2.13. The summed E-state index contributed by atoms with van der Waals surface area (Å²) in [5.74, 6) is 1.14. The lowest BCUT2D eigenvalue weighted by molar-refractivity contribution is 0.546. The van der Waals surface area contributed by atoms with Gasteiger partial charge in [0.1, 0.15) is 22.5 Å². The van der Waals surface area contributed by atoms with Gasteiger partial charge >= 0.3 is 0 Å². The van der Waals surface area contributed by atoms with Crippen molar-refractivity contribution in [2.24, 2.45) is 0 Å². The molecule has 3 aromatic heterocycles. The predicted octanol–water partition coefficient (Wildman–Crippen LogP) is 12.7. The number of benzene rings is 6. The van der Waals surface area contributed by atoms with E-state index in [9.17, 15) is 0 Å². The Morgan fingerprint density at radius 2 is 1.44 bits per heavy atom. The number of rotatable bonds is 3. The Morgan fingerprint density at radius 3 is 2.28 bits per heavy atom. The molecule has 10 rings (SSSR count). The van der Waals surface area contributed by atoms with E-state index in [2.05, 4.69) is 127 Å². The number of nitrogens with zero attached hydrogens (tertiary/aromatic N) is 1. The second-order valence-electron chi connectivity index (χ2n) is 13.0. The van der Waals surface area contributed by atoms with Gasteiger partial charge in [-0.3, -0.25) is 0 Å². The third-order valence-corrected chi connectivity index (χ3v) is 9.83. The highest BCUT2D eigenvalue weighted by Gasteiger charge is 2.18. The number of anilines is 1. The van der Waals surface area contributed by atoms with Crippen LogP contribution in [0.2, 0.25) is 0 Å². The summed E-state index contributed by atoms with van der Waals surface area (Å²) >= 11 is 0. The first-order valence-electron chi connectivity index (χ1n) is 17.2. The van der Waals surface area contributed by atoms with Crippen molar-refractivity contribution in [1.82, 2.24) is 4.57 Å².